The van der Waals surface area contributed by atoms with Gasteiger partial charge in [0.05, 0.1) is 13.2 Å². The van der Waals surface area contributed by atoms with Gasteiger partial charge in [-0.05, 0) is 11.8 Å². The third-order valence-corrected chi connectivity index (χ3v) is 3.58. The monoisotopic (exact) mass is 293 g/mol. The molecule has 2 N–H and O–H groups in total. The smallest absolute Gasteiger partial charge is 0.183 e. The quantitative estimate of drug-likeness (QED) is 0.804. The van der Waals surface area contributed by atoms with Crippen LogP contribution in [0.5, 0.6) is 0 Å². The SMILES string of the molecule is CSCCc1nc(C(O)c2ccccc2)nn1CCO. The Morgan fingerprint density at radius 2 is 2.05 bits per heavy atom. The van der Waals surface area contributed by atoms with Crippen LogP contribution in [0.15, 0.2) is 30.3 Å². The van der Waals surface area contributed by atoms with Gasteiger partial charge in [-0.15, -0.1) is 0 Å². The van der Waals surface area contributed by atoms with E-state index in [9.17, 15) is 5.11 Å². The van der Waals surface area contributed by atoms with E-state index in [1.165, 1.54) is 0 Å². The predicted octanol–water partition coefficient (Wildman–Crippen LogP) is 1.26. The van der Waals surface area contributed by atoms with Crippen LogP contribution in [0.3, 0.4) is 0 Å². The standard InChI is InChI=1S/C14H19N3O2S/c1-20-10-7-12-15-14(16-17(12)8-9-18)13(19)11-5-3-2-4-6-11/h2-6,13,18-19H,7-10H2,1H3. The van der Waals surface area contributed by atoms with E-state index in [1.807, 2.05) is 36.6 Å². The van der Waals surface area contributed by atoms with Crippen LogP contribution in [-0.4, -0.2) is 43.6 Å². The summed E-state index contributed by atoms with van der Waals surface area (Å²) in [5.41, 5.74) is 0.769. The van der Waals surface area contributed by atoms with Crippen LogP contribution in [0.1, 0.15) is 23.3 Å². The maximum atomic E-state index is 10.3. The maximum absolute atomic E-state index is 10.3. The van der Waals surface area contributed by atoms with Crippen LogP contribution in [0.2, 0.25) is 0 Å². The van der Waals surface area contributed by atoms with Crippen LogP contribution in [-0.2, 0) is 13.0 Å². The number of nitrogens with zero attached hydrogens (tertiary/aromatic N) is 3. The average Bonchev–Trinajstić information content (AvgIpc) is 2.89. The van der Waals surface area contributed by atoms with E-state index in [1.54, 1.807) is 16.4 Å². The zero-order valence-corrected chi connectivity index (χ0v) is 12.3. The predicted molar refractivity (Wildman–Crippen MR) is 79.7 cm³/mol. The number of thioether (sulfide) groups is 1. The van der Waals surface area contributed by atoms with E-state index >= 15 is 0 Å². The van der Waals surface area contributed by atoms with Gasteiger partial charge in [0.15, 0.2) is 5.82 Å². The topological polar surface area (TPSA) is 71.2 Å². The second kappa shape index (κ2) is 7.42. The number of rotatable bonds is 7. The first-order chi connectivity index (χ1) is 9.76. The highest BCUT2D eigenvalue weighted by molar-refractivity contribution is 7.98. The van der Waals surface area contributed by atoms with Crippen molar-refractivity contribution in [2.75, 3.05) is 18.6 Å². The molecule has 0 aliphatic rings. The molecule has 2 rings (SSSR count). The van der Waals surface area contributed by atoms with Gasteiger partial charge in [-0.1, -0.05) is 30.3 Å². The lowest BCUT2D eigenvalue weighted by Gasteiger charge is -2.05. The zero-order chi connectivity index (χ0) is 14.4. The van der Waals surface area contributed by atoms with Crippen molar-refractivity contribution in [3.8, 4) is 0 Å². The molecule has 0 fully saturated rings. The van der Waals surface area contributed by atoms with Gasteiger partial charge in [0.2, 0.25) is 0 Å². The van der Waals surface area contributed by atoms with Gasteiger partial charge < -0.3 is 10.2 Å². The lowest BCUT2D eigenvalue weighted by Crippen LogP contribution is -2.10. The molecule has 1 atom stereocenters. The van der Waals surface area contributed by atoms with Crippen LogP contribution in [0.25, 0.3) is 0 Å². The molecule has 0 aliphatic carbocycles. The Kier molecular flexibility index (Phi) is 5.58. The first-order valence-corrected chi connectivity index (χ1v) is 7.92. The number of aliphatic hydroxyl groups excluding tert-OH is 2. The fourth-order valence-corrected chi connectivity index (χ4v) is 2.33. The number of benzene rings is 1. The van der Waals surface area contributed by atoms with Crippen molar-refractivity contribution in [2.24, 2.45) is 0 Å². The summed E-state index contributed by atoms with van der Waals surface area (Å²) < 4.78 is 1.68. The third kappa shape index (κ3) is 3.59. The molecule has 1 aromatic carbocycles. The Morgan fingerprint density at radius 1 is 1.30 bits per heavy atom. The van der Waals surface area contributed by atoms with E-state index in [0.717, 1.165) is 23.6 Å². The second-order valence-corrected chi connectivity index (χ2v) is 5.37. The number of aliphatic hydroxyl groups is 2. The number of aromatic nitrogens is 3. The molecule has 1 unspecified atom stereocenters. The molecule has 6 heteroatoms. The minimum Gasteiger partial charge on any atom is -0.394 e. The van der Waals surface area contributed by atoms with Gasteiger partial charge in [0, 0.05) is 12.2 Å². The highest BCUT2D eigenvalue weighted by Crippen LogP contribution is 2.19. The Morgan fingerprint density at radius 3 is 2.70 bits per heavy atom. The summed E-state index contributed by atoms with van der Waals surface area (Å²) in [5, 5.41) is 23.7. The molecular weight excluding hydrogens is 274 g/mol. The van der Waals surface area contributed by atoms with Crippen LogP contribution in [0, 0.1) is 0 Å². The molecule has 0 saturated heterocycles. The van der Waals surface area contributed by atoms with E-state index in [2.05, 4.69) is 10.1 Å². The summed E-state index contributed by atoms with van der Waals surface area (Å²) in [4.78, 5) is 4.42. The van der Waals surface area contributed by atoms with Crippen molar-refractivity contribution in [3.05, 3.63) is 47.5 Å². The van der Waals surface area contributed by atoms with Gasteiger partial charge in [-0.2, -0.15) is 16.9 Å². The molecule has 0 saturated carbocycles. The van der Waals surface area contributed by atoms with Crippen molar-refractivity contribution < 1.29 is 10.2 Å². The maximum Gasteiger partial charge on any atom is 0.183 e. The molecule has 1 aromatic heterocycles. The second-order valence-electron chi connectivity index (χ2n) is 4.39. The summed E-state index contributed by atoms with van der Waals surface area (Å²) >= 11 is 1.73. The van der Waals surface area contributed by atoms with Crippen LogP contribution >= 0.6 is 11.8 Å². The van der Waals surface area contributed by atoms with Gasteiger partial charge in [-0.3, -0.25) is 0 Å². The van der Waals surface area contributed by atoms with Gasteiger partial charge in [-0.25, -0.2) is 9.67 Å². The molecule has 0 amide bonds. The molecule has 0 spiro atoms. The van der Waals surface area contributed by atoms with Crippen molar-refractivity contribution in [1.82, 2.24) is 14.8 Å². The summed E-state index contributed by atoms with van der Waals surface area (Å²) in [5.74, 6) is 2.13. The Hall–Kier alpha value is -1.37. The Labute approximate surface area is 122 Å². The fraction of sp³-hybridized carbons (Fsp3) is 0.429. The number of aryl methyl sites for hydroxylation is 1. The van der Waals surface area contributed by atoms with E-state index in [4.69, 9.17) is 5.11 Å². The van der Waals surface area contributed by atoms with Gasteiger partial charge in [0.25, 0.3) is 0 Å². The summed E-state index contributed by atoms with van der Waals surface area (Å²) in [7, 11) is 0. The molecular formula is C14H19N3O2S. The van der Waals surface area contributed by atoms with E-state index < -0.39 is 6.10 Å². The first-order valence-electron chi connectivity index (χ1n) is 6.52. The number of hydrogen-bond donors (Lipinski definition) is 2. The minimum atomic E-state index is -0.829. The Balaban J connectivity index is 2.23. The molecule has 108 valence electrons. The van der Waals surface area contributed by atoms with E-state index in [0.29, 0.717) is 12.4 Å². The van der Waals surface area contributed by atoms with Crippen molar-refractivity contribution in [3.63, 3.8) is 0 Å². The highest BCUT2D eigenvalue weighted by Gasteiger charge is 2.18. The summed E-state index contributed by atoms with van der Waals surface area (Å²) in [6, 6.07) is 9.34. The summed E-state index contributed by atoms with van der Waals surface area (Å²) in [6.07, 6.45) is 1.98. The van der Waals surface area contributed by atoms with E-state index in [-0.39, 0.29) is 6.61 Å². The highest BCUT2D eigenvalue weighted by atomic mass is 32.2. The normalized spacial score (nSPS) is 12.6. The zero-order valence-electron chi connectivity index (χ0n) is 11.4. The van der Waals surface area contributed by atoms with Crippen LogP contribution < -0.4 is 0 Å². The Bertz CT molecular complexity index is 530. The lowest BCUT2D eigenvalue weighted by molar-refractivity contribution is 0.208. The average molecular weight is 293 g/mol. The molecule has 1 heterocycles. The summed E-state index contributed by atoms with van der Waals surface area (Å²) in [6.45, 7) is 0.411. The number of hydrogen-bond acceptors (Lipinski definition) is 5. The largest absolute Gasteiger partial charge is 0.394 e. The molecule has 5 nitrogen and oxygen atoms in total. The molecule has 2 aromatic rings. The minimum absolute atomic E-state index is 0.0104. The van der Waals surface area contributed by atoms with Gasteiger partial charge in [0.1, 0.15) is 11.9 Å². The lowest BCUT2D eigenvalue weighted by atomic mass is 10.1. The van der Waals surface area contributed by atoms with Gasteiger partial charge >= 0.3 is 0 Å². The first kappa shape index (κ1) is 15.0. The molecule has 20 heavy (non-hydrogen) atoms. The molecule has 0 bridgehead atoms. The fourth-order valence-electron chi connectivity index (χ4n) is 1.95. The van der Waals surface area contributed by atoms with Crippen molar-refractivity contribution >= 4 is 11.8 Å². The third-order valence-electron chi connectivity index (χ3n) is 2.97. The van der Waals surface area contributed by atoms with Crippen LogP contribution in [0.4, 0.5) is 0 Å². The van der Waals surface area contributed by atoms with Crippen molar-refractivity contribution in [1.29, 1.82) is 0 Å². The molecule has 0 radical (unpaired) electrons. The van der Waals surface area contributed by atoms with Crippen molar-refractivity contribution in [2.45, 2.75) is 19.1 Å². The molecule has 0 aliphatic heterocycles.